The lowest BCUT2D eigenvalue weighted by molar-refractivity contribution is -0.133. The molecule has 0 aromatic heterocycles. The van der Waals surface area contributed by atoms with E-state index < -0.39 is 0 Å². The van der Waals surface area contributed by atoms with E-state index in [0.29, 0.717) is 17.1 Å². The molecule has 2 rings (SSSR count). The van der Waals surface area contributed by atoms with E-state index in [9.17, 15) is 4.79 Å². The molecule has 0 spiro atoms. The Kier molecular flexibility index (Phi) is 6.02. The molecule has 110 valence electrons. The molecule has 3 nitrogen and oxygen atoms in total. The van der Waals surface area contributed by atoms with Crippen molar-refractivity contribution in [3.05, 3.63) is 0 Å². The van der Waals surface area contributed by atoms with E-state index in [0.717, 1.165) is 25.9 Å². The zero-order valence-electron chi connectivity index (χ0n) is 12.4. The van der Waals surface area contributed by atoms with Gasteiger partial charge in [0.05, 0.1) is 6.04 Å². The Balaban J connectivity index is 1.95. The Morgan fingerprint density at radius 2 is 2.11 bits per heavy atom. The number of likely N-dealkylation sites (tertiary alicyclic amines) is 1. The molecule has 19 heavy (non-hydrogen) atoms. The Bertz CT molecular complexity index is 290. The number of amides is 1. The molecular formula is C15H28N2OS. The number of carbonyl (C=O) groups excluding carboxylic acids is 1. The maximum Gasteiger partial charge on any atom is 0.240 e. The lowest BCUT2D eigenvalue weighted by Crippen LogP contribution is -2.48. The van der Waals surface area contributed by atoms with Gasteiger partial charge in [-0.15, -0.1) is 0 Å². The summed E-state index contributed by atoms with van der Waals surface area (Å²) in [6.45, 7) is 4.12. The van der Waals surface area contributed by atoms with Gasteiger partial charge < -0.3 is 10.2 Å². The van der Waals surface area contributed by atoms with Crippen LogP contribution in [0.25, 0.3) is 0 Å². The fourth-order valence-electron chi connectivity index (χ4n) is 3.28. The third-order valence-electron chi connectivity index (χ3n) is 4.49. The molecule has 2 saturated heterocycles. The number of thioether (sulfide) groups is 1. The van der Waals surface area contributed by atoms with Crippen LogP contribution >= 0.6 is 11.8 Å². The predicted molar refractivity (Wildman–Crippen MR) is 82.5 cm³/mol. The van der Waals surface area contributed by atoms with Gasteiger partial charge >= 0.3 is 0 Å². The van der Waals surface area contributed by atoms with Crippen molar-refractivity contribution in [2.45, 2.75) is 56.7 Å². The molecule has 1 amide bonds. The number of nitrogens with zero attached hydrogens (tertiary/aromatic N) is 1. The minimum Gasteiger partial charge on any atom is -0.340 e. The summed E-state index contributed by atoms with van der Waals surface area (Å²) in [5.74, 6) is 2.07. The van der Waals surface area contributed by atoms with Crippen molar-refractivity contribution in [1.82, 2.24) is 10.2 Å². The minimum atomic E-state index is 0.0262. The first-order valence-corrected chi connectivity index (χ1v) is 8.85. The van der Waals surface area contributed by atoms with E-state index in [1.54, 1.807) is 0 Å². The van der Waals surface area contributed by atoms with Crippen molar-refractivity contribution in [2.24, 2.45) is 5.92 Å². The Morgan fingerprint density at radius 3 is 2.89 bits per heavy atom. The molecule has 2 aliphatic heterocycles. The smallest absolute Gasteiger partial charge is 0.240 e. The summed E-state index contributed by atoms with van der Waals surface area (Å²) in [6.07, 6.45) is 7.66. The van der Waals surface area contributed by atoms with Crippen molar-refractivity contribution >= 4 is 17.7 Å². The molecule has 1 N–H and O–H groups in total. The monoisotopic (exact) mass is 284 g/mol. The third kappa shape index (κ3) is 4.12. The second kappa shape index (κ2) is 7.53. The van der Waals surface area contributed by atoms with Crippen LogP contribution in [0.3, 0.4) is 0 Å². The van der Waals surface area contributed by atoms with Gasteiger partial charge in [0.25, 0.3) is 0 Å². The SMILES string of the molecule is CNC1C(=O)N(CC2CCCCCS2)CCCC1C. The minimum absolute atomic E-state index is 0.0262. The maximum atomic E-state index is 12.6. The molecule has 0 aromatic rings. The van der Waals surface area contributed by atoms with Crippen LogP contribution in [0.4, 0.5) is 0 Å². The second-order valence-corrected chi connectivity index (χ2v) is 7.42. The molecule has 0 bridgehead atoms. The van der Waals surface area contributed by atoms with Gasteiger partial charge in [-0.2, -0.15) is 11.8 Å². The van der Waals surface area contributed by atoms with Crippen LogP contribution in [-0.2, 0) is 4.79 Å². The standard InChI is InChI=1S/C15H28N2OS/c1-12-7-6-9-17(15(18)14(12)16-2)11-13-8-4-3-5-10-19-13/h12-14,16H,3-11H2,1-2H3. The largest absolute Gasteiger partial charge is 0.340 e. The molecule has 0 aromatic carbocycles. The van der Waals surface area contributed by atoms with E-state index in [-0.39, 0.29) is 6.04 Å². The van der Waals surface area contributed by atoms with Crippen LogP contribution in [-0.4, -0.2) is 48.0 Å². The van der Waals surface area contributed by atoms with Gasteiger partial charge in [-0.3, -0.25) is 4.79 Å². The highest BCUT2D eigenvalue weighted by atomic mass is 32.2. The highest BCUT2D eigenvalue weighted by Gasteiger charge is 2.31. The van der Waals surface area contributed by atoms with Gasteiger partial charge in [-0.25, -0.2) is 0 Å². The number of hydrogen-bond donors (Lipinski definition) is 1. The quantitative estimate of drug-likeness (QED) is 0.864. The topological polar surface area (TPSA) is 32.3 Å². The molecule has 2 fully saturated rings. The Hall–Kier alpha value is -0.220. The first-order valence-electron chi connectivity index (χ1n) is 7.80. The zero-order chi connectivity index (χ0) is 13.7. The van der Waals surface area contributed by atoms with Crippen LogP contribution in [0, 0.1) is 5.92 Å². The van der Waals surface area contributed by atoms with E-state index in [1.807, 2.05) is 7.05 Å². The molecule has 0 radical (unpaired) electrons. The summed E-state index contributed by atoms with van der Waals surface area (Å²) >= 11 is 2.08. The van der Waals surface area contributed by atoms with Crippen LogP contribution in [0.1, 0.15) is 45.4 Å². The van der Waals surface area contributed by atoms with Crippen LogP contribution < -0.4 is 5.32 Å². The lowest BCUT2D eigenvalue weighted by atomic mass is 9.98. The Morgan fingerprint density at radius 1 is 1.26 bits per heavy atom. The number of carbonyl (C=O) groups is 1. The van der Waals surface area contributed by atoms with Crippen LogP contribution in [0.5, 0.6) is 0 Å². The summed E-state index contributed by atoms with van der Waals surface area (Å²) in [7, 11) is 1.92. The molecule has 3 atom stereocenters. The van der Waals surface area contributed by atoms with Gasteiger partial charge in [-0.1, -0.05) is 19.8 Å². The summed E-state index contributed by atoms with van der Waals surface area (Å²) in [5.41, 5.74) is 0. The summed E-state index contributed by atoms with van der Waals surface area (Å²) in [4.78, 5) is 14.7. The highest BCUT2D eigenvalue weighted by Crippen LogP contribution is 2.26. The molecule has 2 aliphatic rings. The number of likely N-dealkylation sites (N-methyl/N-ethyl adjacent to an activating group) is 1. The van der Waals surface area contributed by atoms with E-state index in [4.69, 9.17) is 0 Å². The summed E-state index contributed by atoms with van der Waals surface area (Å²) < 4.78 is 0. The molecular weight excluding hydrogens is 256 g/mol. The van der Waals surface area contributed by atoms with Gasteiger partial charge in [0, 0.05) is 18.3 Å². The fourth-order valence-corrected chi connectivity index (χ4v) is 4.61. The average molecular weight is 284 g/mol. The van der Waals surface area contributed by atoms with Crippen LogP contribution in [0.2, 0.25) is 0 Å². The summed E-state index contributed by atoms with van der Waals surface area (Å²) in [5, 5.41) is 3.89. The molecule has 2 heterocycles. The molecule has 4 heteroatoms. The van der Waals surface area contributed by atoms with Gasteiger partial charge in [0.2, 0.25) is 5.91 Å². The van der Waals surface area contributed by atoms with E-state index in [2.05, 4.69) is 28.9 Å². The average Bonchev–Trinajstić information content (AvgIpc) is 2.72. The Labute approximate surface area is 121 Å². The highest BCUT2D eigenvalue weighted by molar-refractivity contribution is 7.99. The van der Waals surface area contributed by atoms with Gasteiger partial charge in [0.15, 0.2) is 0 Å². The predicted octanol–water partition coefficient (Wildman–Crippen LogP) is 2.51. The van der Waals surface area contributed by atoms with E-state index in [1.165, 1.54) is 31.4 Å². The second-order valence-electron chi connectivity index (χ2n) is 6.01. The van der Waals surface area contributed by atoms with Crippen molar-refractivity contribution in [2.75, 3.05) is 25.9 Å². The molecule has 0 saturated carbocycles. The summed E-state index contributed by atoms with van der Waals surface area (Å²) in [6, 6.07) is 0.0262. The van der Waals surface area contributed by atoms with Crippen molar-refractivity contribution in [3.8, 4) is 0 Å². The number of hydrogen-bond acceptors (Lipinski definition) is 3. The maximum absolute atomic E-state index is 12.6. The van der Waals surface area contributed by atoms with Crippen molar-refractivity contribution in [3.63, 3.8) is 0 Å². The van der Waals surface area contributed by atoms with Gasteiger partial charge in [0.1, 0.15) is 0 Å². The fraction of sp³-hybridized carbons (Fsp3) is 0.933. The van der Waals surface area contributed by atoms with Gasteiger partial charge in [-0.05, 0) is 44.4 Å². The number of rotatable bonds is 3. The van der Waals surface area contributed by atoms with Crippen molar-refractivity contribution in [1.29, 1.82) is 0 Å². The third-order valence-corrected chi connectivity index (χ3v) is 5.87. The molecule has 3 unspecified atom stereocenters. The zero-order valence-corrected chi connectivity index (χ0v) is 13.2. The van der Waals surface area contributed by atoms with Crippen molar-refractivity contribution < 1.29 is 4.79 Å². The number of nitrogens with one attached hydrogen (secondary N) is 1. The first kappa shape index (κ1) is 15.2. The molecule has 0 aliphatic carbocycles. The van der Waals surface area contributed by atoms with E-state index >= 15 is 0 Å². The normalized spacial score (nSPS) is 33.9. The van der Waals surface area contributed by atoms with Crippen LogP contribution in [0.15, 0.2) is 0 Å². The lowest BCUT2D eigenvalue weighted by Gasteiger charge is -2.29. The first-order chi connectivity index (χ1) is 9.22.